The first kappa shape index (κ1) is 12.0. The van der Waals surface area contributed by atoms with Crippen molar-refractivity contribution in [3.05, 3.63) is 20.8 Å². The molecule has 0 radical (unpaired) electrons. The number of likely N-dealkylation sites (tertiary alicyclic amines) is 1. The predicted octanol–water partition coefficient (Wildman–Crippen LogP) is 3.38. The first-order valence-corrected chi connectivity index (χ1v) is 6.56. The highest BCUT2D eigenvalue weighted by molar-refractivity contribution is 9.11. The molecule has 1 saturated heterocycles. The standard InChI is InChI=1S/C10H10BrF2NOS/c11-8-5-7(6-16-8)9(15)14-3-1-10(12,13)2-4-14/h5-6H,1-4H2. The van der Waals surface area contributed by atoms with Crippen molar-refractivity contribution in [1.29, 1.82) is 0 Å². The third-order valence-corrected chi connectivity index (χ3v) is 4.10. The second-order valence-electron chi connectivity index (χ2n) is 3.79. The molecule has 0 bridgehead atoms. The molecule has 0 spiro atoms. The molecule has 1 fully saturated rings. The van der Waals surface area contributed by atoms with Gasteiger partial charge in [-0.05, 0) is 22.0 Å². The first-order valence-electron chi connectivity index (χ1n) is 4.89. The van der Waals surface area contributed by atoms with Crippen LogP contribution in [-0.2, 0) is 0 Å². The molecule has 1 aliphatic heterocycles. The number of hydrogen-bond acceptors (Lipinski definition) is 2. The Hall–Kier alpha value is -0.490. The number of nitrogens with zero attached hydrogens (tertiary/aromatic N) is 1. The lowest BCUT2D eigenvalue weighted by molar-refractivity contribution is -0.0494. The van der Waals surface area contributed by atoms with Crippen molar-refractivity contribution < 1.29 is 13.6 Å². The van der Waals surface area contributed by atoms with E-state index < -0.39 is 5.92 Å². The van der Waals surface area contributed by atoms with Crippen molar-refractivity contribution in [2.45, 2.75) is 18.8 Å². The van der Waals surface area contributed by atoms with Crippen LogP contribution in [0.5, 0.6) is 0 Å². The summed E-state index contributed by atoms with van der Waals surface area (Å²) in [6.07, 6.45) is -0.464. The van der Waals surface area contributed by atoms with Gasteiger partial charge in [-0.1, -0.05) is 0 Å². The maximum atomic E-state index is 12.9. The minimum Gasteiger partial charge on any atom is -0.338 e. The third-order valence-electron chi connectivity index (χ3n) is 2.60. The van der Waals surface area contributed by atoms with Crippen LogP contribution in [0.3, 0.4) is 0 Å². The molecular formula is C10H10BrF2NOS. The number of alkyl halides is 2. The minimum atomic E-state index is -2.61. The second kappa shape index (κ2) is 4.41. The average molecular weight is 310 g/mol. The second-order valence-corrected chi connectivity index (χ2v) is 6.08. The molecule has 1 amide bonds. The molecule has 2 rings (SSSR count). The Morgan fingerprint density at radius 1 is 1.44 bits per heavy atom. The maximum Gasteiger partial charge on any atom is 0.254 e. The molecule has 16 heavy (non-hydrogen) atoms. The van der Waals surface area contributed by atoms with Crippen LogP contribution in [0, 0.1) is 0 Å². The summed E-state index contributed by atoms with van der Waals surface area (Å²) in [5.41, 5.74) is 0.571. The van der Waals surface area contributed by atoms with Crippen molar-refractivity contribution in [3.63, 3.8) is 0 Å². The van der Waals surface area contributed by atoms with Gasteiger partial charge in [0.05, 0.1) is 9.35 Å². The van der Waals surface area contributed by atoms with E-state index >= 15 is 0 Å². The zero-order chi connectivity index (χ0) is 11.8. The van der Waals surface area contributed by atoms with Gasteiger partial charge in [-0.2, -0.15) is 0 Å². The van der Waals surface area contributed by atoms with Crippen molar-refractivity contribution in [3.8, 4) is 0 Å². The summed E-state index contributed by atoms with van der Waals surface area (Å²) in [5.74, 6) is -2.76. The van der Waals surface area contributed by atoms with Crippen LogP contribution >= 0.6 is 27.3 Å². The van der Waals surface area contributed by atoms with E-state index in [4.69, 9.17) is 0 Å². The van der Waals surface area contributed by atoms with Crippen molar-refractivity contribution in [2.75, 3.05) is 13.1 Å². The molecule has 2 nitrogen and oxygen atoms in total. The summed E-state index contributed by atoms with van der Waals surface area (Å²) in [7, 11) is 0. The van der Waals surface area contributed by atoms with Gasteiger partial charge in [0.15, 0.2) is 0 Å². The number of thiophene rings is 1. The van der Waals surface area contributed by atoms with E-state index in [2.05, 4.69) is 15.9 Å². The van der Waals surface area contributed by atoms with Crippen LogP contribution in [0.1, 0.15) is 23.2 Å². The highest BCUT2D eigenvalue weighted by atomic mass is 79.9. The molecule has 0 aliphatic carbocycles. The number of carbonyl (C=O) groups is 1. The van der Waals surface area contributed by atoms with Crippen molar-refractivity contribution >= 4 is 33.2 Å². The number of rotatable bonds is 1. The highest BCUT2D eigenvalue weighted by Gasteiger charge is 2.35. The van der Waals surface area contributed by atoms with Gasteiger partial charge in [-0.25, -0.2) is 8.78 Å². The Bertz CT molecular complexity index is 397. The van der Waals surface area contributed by atoms with Crippen LogP contribution in [-0.4, -0.2) is 29.8 Å². The van der Waals surface area contributed by atoms with E-state index in [1.807, 2.05) is 0 Å². The topological polar surface area (TPSA) is 20.3 Å². The van der Waals surface area contributed by atoms with Gasteiger partial charge in [0.2, 0.25) is 0 Å². The Morgan fingerprint density at radius 2 is 2.06 bits per heavy atom. The van der Waals surface area contributed by atoms with Crippen LogP contribution in [0.25, 0.3) is 0 Å². The summed E-state index contributed by atoms with van der Waals surface area (Å²) < 4.78 is 26.7. The Kier molecular flexibility index (Phi) is 3.30. The summed E-state index contributed by atoms with van der Waals surface area (Å²) in [4.78, 5) is 13.4. The zero-order valence-corrected chi connectivity index (χ0v) is 10.8. The van der Waals surface area contributed by atoms with Crippen LogP contribution in [0.15, 0.2) is 15.2 Å². The summed E-state index contributed by atoms with van der Waals surface area (Å²) >= 11 is 4.69. The number of carbonyl (C=O) groups excluding carboxylic acids is 1. The number of piperidine rings is 1. The van der Waals surface area contributed by atoms with Gasteiger partial charge in [0.25, 0.3) is 11.8 Å². The predicted molar refractivity (Wildman–Crippen MR) is 62.1 cm³/mol. The smallest absolute Gasteiger partial charge is 0.254 e. The van der Waals surface area contributed by atoms with Gasteiger partial charge in [-0.3, -0.25) is 4.79 Å². The zero-order valence-electron chi connectivity index (χ0n) is 8.38. The van der Waals surface area contributed by atoms with E-state index in [-0.39, 0.29) is 31.8 Å². The molecule has 0 unspecified atom stereocenters. The van der Waals surface area contributed by atoms with E-state index in [1.165, 1.54) is 16.2 Å². The van der Waals surface area contributed by atoms with Gasteiger partial charge < -0.3 is 4.90 Å². The molecule has 1 aromatic heterocycles. The summed E-state index contributed by atoms with van der Waals surface area (Å²) in [6, 6.07) is 1.72. The van der Waals surface area contributed by atoms with Crippen LogP contribution in [0.4, 0.5) is 8.78 Å². The average Bonchev–Trinajstić information content (AvgIpc) is 2.64. The molecule has 6 heteroatoms. The van der Waals surface area contributed by atoms with Gasteiger partial charge in [-0.15, -0.1) is 11.3 Å². The SMILES string of the molecule is O=C(c1csc(Br)c1)N1CCC(F)(F)CC1. The molecule has 1 aliphatic rings. The molecule has 1 aromatic rings. The third kappa shape index (κ3) is 2.60. The summed E-state index contributed by atoms with van der Waals surface area (Å²) in [5, 5.41) is 1.74. The van der Waals surface area contributed by atoms with Crippen molar-refractivity contribution in [2.24, 2.45) is 0 Å². The van der Waals surface area contributed by atoms with Crippen LogP contribution < -0.4 is 0 Å². The van der Waals surface area contributed by atoms with Gasteiger partial charge >= 0.3 is 0 Å². The molecule has 0 atom stereocenters. The van der Waals surface area contributed by atoms with E-state index in [0.29, 0.717) is 5.56 Å². The van der Waals surface area contributed by atoms with Gasteiger partial charge in [0, 0.05) is 31.3 Å². The Balaban J connectivity index is 2.02. The van der Waals surface area contributed by atoms with E-state index in [1.54, 1.807) is 11.4 Å². The first-order chi connectivity index (χ1) is 7.48. The maximum absolute atomic E-state index is 12.9. The fraction of sp³-hybridized carbons (Fsp3) is 0.500. The lowest BCUT2D eigenvalue weighted by atomic mass is 10.1. The number of halogens is 3. The molecule has 0 aromatic carbocycles. The minimum absolute atomic E-state index is 0.138. The van der Waals surface area contributed by atoms with Crippen LogP contribution in [0.2, 0.25) is 0 Å². The van der Waals surface area contributed by atoms with E-state index in [0.717, 1.165) is 3.79 Å². The van der Waals surface area contributed by atoms with Gasteiger partial charge in [0.1, 0.15) is 0 Å². The molecule has 88 valence electrons. The highest BCUT2D eigenvalue weighted by Crippen LogP contribution is 2.29. The lowest BCUT2D eigenvalue weighted by Crippen LogP contribution is -2.42. The monoisotopic (exact) mass is 309 g/mol. The molecule has 0 saturated carbocycles. The number of hydrogen-bond donors (Lipinski definition) is 0. The molecular weight excluding hydrogens is 300 g/mol. The number of amides is 1. The largest absolute Gasteiger partial charge is 0.338 e. The lowest BCUT2D eigenvalue weighted by Gasteiger charge is -2.31. The fourth-order valence-electron chi connectivity index (χ4n) is 1.64. The molecule has 0 N–H and O–H groups in total. The quantitative estimate of drug-likeness (QED) is 0.779. The molecule has 2 heterocycles. The summed E-state index contributed by atoms with van der Waals surface area (Å²) in [6.45, 7) is 0.276. The Morgan fingerprint density at radius 3 is 2.56 bits per heavy atom. The fourth-order valence-corrected chi connectivity index (χ4v) is 2.77. The van der Waals surface area contributed by atoms with Crippen molar-refractivity contribution in [1.82, 2.24) is 4.90 Å². The van der Waals surface area contributed by atoms with E-state index in [9.17, 15) is 13.6 Å². The Labute approximate surface area is 104 Å². The normalized spacial score (nSPS) is 19.8.